The predicted molar refractivity (Wildman–Crippen MR) is 79.4 cm³/mol. The Morgan fingerprint density at radius 3 is 2.76 bits per heavy atom. The summed E-state index contributed by atoms with van der Waals surface area (Å²) >= 11 is 0. The zero-order valence-electron chi connectivity index (χ0n) is 13.1. The van der Waals surface area contributed by atoms with Gasteiger partial charge in [-0.3, -0.25) is 9.69 Å². The van der Waals surface area contributed by atoms with E-state index in [4.69, 9.17) is 9.63 Å². The molecule has 1 aliphatic rings. The first-order chi connectivity index (χ1) is 10.0. The quantitative estimate of drug-likeness (QED) is 0.905. The molecular weight excluding hydrogens is 270 g/mol. The third-order valence-corrected chi connectivity index (χ3v) is 3.92. The molecule has 1 N–H and O–H groups in total. The van der Waals surface area contributed by atoms with Crippen molar-refractivity contribution in [3.05, 3.63) is 17.0 Å². The maximum Gasteiger partial charge on any atom is 0.259 e. The number of aromatic nitrogens is 1. The third-order valence-electron chi connectivity index (χ3n) is 3.92. The van der Waals surface area contributed by atoms with E-state index in [0.29, 0.717) is 30.1 Å². The van der Waals surface area contributed by atoms with Crippen molar-refractivity contribution in [3.8, 4) is 0 Å². The number of carbonyl (C=O) groups is 1. The molecule has 6 heteroatoms. The van der Waals surface area contributed by atoms with Crippen molar-refractivity contribution in [2.75, 3.05) is 39.3 Å². The first kappa shape index (κ1) is 16.0. The number of carbonyl (C=O) groups excluding carboxylic acids is 1. The molecule has 1 aromatic heterocycles. The maximum atomic E-state index is 12.8. The average molecular weight is 295 g/mol. The number of nitrogens with zero attached hydrogens (tertiary/aromatic N) is 3. The highest BCUT2D eigenvalue weighted by molar-refractivity contribution is 5.96. The number of hydrogen-bond donors (Lipinski definition) is 1. The van der Waals surface area contributed by atoms with Crippen LogP contribution in [0.15, 0.2) is 4.52 Å². The highest BCUT2D eigenvalue weighted by Gasteiger charge is 2.27. The monoisotopic (exact) mass is 295 g/mol. The minimum atomic E-state index is 0.0169. The molecule has 6 nitrogen and oxygen atoms in total. The summed E-state index contributed by atoms with van der Waals surface area (Å²) in [6, 6.07) is 0. The molecule has 1 aliphatic heterocycles. The molecule has 1 amide bonds. The molecule has 0 bridgehead atoms. The second-order valence-corrected chi connectivity index (χ2v) is 5.87. The standard InChI is InChI=1S/C15H25N3O3/c1-11(2)14-13(12(3)16-21-14)15(20)18-6-4-5-17(7-8-18)9-10-19/h11,19H,4-10H2,1-3H3. The molecule has 21 heavy (non-hydrogen) atoms. The third kappa shape index (κ3) is 3.63. The molecule has 2 rings (SSSR count). The van der Waals surface area contributed by atoms with Crippen molar-refractivity contribution in [1.82, 2.24) is 15.0 Å². The molecular formula is C15H25N3O3. The van der Waals surface area contributed by atoms with E-state index in [-0.39, 0.29) is 18.4 Å². The smallest absolute Gasteiger partial charge is 0.259 e. The number of rotatable bonds is 4. The van der Waals surface area contributed by atoms with Crippen molar-refractivity contribution >= 4 is 5.91 Å². The average Bonchev–Trinajstić information content (AvgIpc) is 2.68. The zero-order valence-corrected chi connectivity index (χ0v) is 13.1. The van der Waals surface area contributed by atoms with Crippen LogP contribution in [0.2, 0.25) is 0 Å². The lowest BCUT2D eigenvalue weighted by atomic mass is 10.0. The van der Waals surface area contributed by atoms with Crippen molar-refractivity contribution in [3.63, 3.8) is 0 Å². The first-order valence-corrected chi connectivity index (χ1v) is 7.63. The minimum Gasteiger partial charge on any atom is -0.395 e. The Morgan fingerprint density at radius 2 is 2.10 bits per heavy atom. The normalized spacial score (nSPS) is 17.3. The second-order valence-electron chi connectivity index (χ2n) is 5.87. The molecule has 1 aromatic rings. The Morgan fingerprint density at radius 1 is 1.33 bits per heavy atom. The number of β-amino-alcohol motifs (C(OH)–C–C–N with tert-alkyl or cyclic N) is 1. The van der Waals surface area contributed by atoms with Gasteiger partial charge in [0.2, 0.25) is 0 Å². The van der Waals surface area contributed by atoms with E-state index < -0.39 is 0 Å². The van der Waals surface area contributed by atoms with Gasteiger partial charge in [0.25, 0.3) is 5.91 Å². The Hall–Kier alpha value is -1.40. The summed E-state index contributed by atoms with van der Waals surface area (Å²) in [5, 5.41) is 13.0. The van der Waals surface area contributed by atoms with Gasteiger partial charge in [-0.15, -0.1) is 0 Å². The summed E-state index contributed by atoms with van der Waals surface area (Å²) in [5.41, 5.74) is 1.29. The van der Waals surface area contributed by atoms with Crippen molar-refractivity contribution in [2.24, 2.45) is 0 Å². The molecule has 0 aromatic carbocycles. The van der Waals surface area contributed by atoms with E-state index in [2.05, 4.69) is 10.1 Å². The maximum absolute atomic E-state index is 12.8. The van der Waals surface area contributed by atoms with Crippen LogP contribution in [-0.4, -0.2) is 65.3 Å². The molecule has 0 saturated carbocycles. The molecule has 0 unspecified atom stereocenters. The summed E-state index contributed by atoms with van der Waals surface area (Å²) in [7, 11) is 0. The van der Waals surface area contributed by atoms with E-state index >= 15 is 0 Å². The number of aliphatic hydroxyl groups is 1. The Labute approximate surface area is 125 Å². The van der Waals surface area contributed by atoms with Crippen LogP contribution in [0.4, 0.5) is 0 Å². The van der Waals surface area contributed by atoms with Gasteiger partial charge in [0.1, 0.15) is 5.56 Å². The van der Waals surface area contributed by atoms with Crippen LogP contribution < -0.4 is 0 Å². The summed E-state index contributed by atoms with van der Waals surface area (Å²) in [6.07, 6.45) is 0.924. The van der Waals surface area contributed by atoms with Crippen LogP contribution in [0.5, 0.6) is 0 Å². The fraction of sp³-hybridized carbons (Fsp3) is 0.733. The van der Waals surface area contributed by atoms with Crippen LogP contribution in [0.3, 0.4) is 0 Å². The molecule has 1 fully saturated rings. The van der Waals surface area contributed by atoms with Crippen molar-refractivity contribution in [2.45, 2.75) is 33.1 Å². The van der Waals surface area contributed by atoms with Crippen LogP contribution in [0, 0.1) is 6.92 Å². The molecule has 0 aliphatic carbocycles. The fourth-order valence-corrected chi connectivity index (χ4v) is 2.74. The van der Waals surface area contributed by atoms with Gasteiger partial charge in [-0.2, -0.15) is 0 Å². The molecule has 0 radical (unpaired) electrons. The summed E-state index contributed by atoms with van der Waals surface area (Å²) < 4.78 is 5.32. The lowest BCUT2D eigenvalue weighted by Gasteiger charge is -2.21. The van der Waals surface area contributed by atoms with E-state index in [0.717, 1.165) is 26.1 Å². The Kier molecular flexibility index (Phi) is 5.36. The SMILES string of the molecule is Cc1noc(C(C)C)c1C(=O)N1CCCN(CCO)CC1. The lowest BCUT2D eigenvalue weighted by molar-refractivity contribution is 0.0757. The summed E-state index contributed by atoms with van der Waals surface area (Å²) in [4.78, 5) is 16.9. The van der Waals surface area contributed by atoms with Gasteiger partial charge in [0.05, 0.1) is 12.3 Å². The van der Waals surface area contributed by atoms with E-state index in [9.17, 15) is 4.79 Å². The van der Waals surface area contributed by atoms with Crippen LogP contribution in [0.1, 0.15) is 48.0 Å². The fourth-order valence-electron chi connectivity index (χ4n) is 2.74. The van der Waals surface area contributed by atoms with Crippen LogP contribution in [0.25, 0.3) is 0 Å². The Balaban J connectivity index is 2.11. The Bertz CT molecular complexity index is 485. The first-order valence-electron chi connectivity index (χ1n) is 7.63. The molecule has 0 atom stereocenters. The number of amides is 1. The van der Waals surface area contributed by atoms with Gasteiger partial charge < -0.3 is 14.5 Å². The molecule has 118 valence electrons. The minimum absolute atomic E-state index is 0.0169. The van der Waals surface area contributed by atoms with Gasteiger partial charge in [-0.25, -0.2) is 0 Å². The van der Waals surface area contributed by atoms with E-state index in [1.165, 1.54) is 0 Å². The van der Waals surface area contributed by atoms with Crippen molar-refractivity contribution < 1.29 is 14.4 Å². The van der Waals surface area contributed by atoms with E-state index in [1.807, 2.05) is 25.7 Å². The number of aryl methyl sites for hydroxylation is 1. The molecule has 0 spiro atoms. The predicted octanol–water partition coefficient (Wildman–Crippen LogP) is 1.25. The van der Waals surface area contributed by atoms with Crippen molar-refractivity contribution in [1.29, 1.82) is 0 Å². The number of hydrogen-bond acceptors (Lipinski definition) is 5. The summed E-state index contributed by atoms with van der Waals surface area (Å²) in [6.45, 7) is 9.80. The topological polar surface area (TPSA) is 69.8 Å². The zero-order chi connectivity index (χ0) is 15.4. The second kappa shape index (κ2) is 7.04. The summed E-state index contributed by atoms with van der Waals surface area (Å²) in [5.74, 6) is 0.834. The van der Waals surface area contributed by atoms with Gasteiger partial charge in [0, 0.05) is 32.1 Å². The highest BCUT2D eigenvalue weighted by Crippen LogP contribution is 2.24. The van der Waals surface area contributed by atoms with Gasteiger partial charge in [-0.1, -0.05) is 19.0 Å². The lowest BCUT2D eigenvalue weighted by Crippen LogP contribution is -2.36. The van der Waals surface area contributed by atoms with Gasteiger partial charge >= 0.3 is 0 Å². The van der Waals surface area contributed by atoms with E-state index in [1.54, 1.807) is 0 Å². The molecule has 1 saturated heterocycles. The van der Waals surface area contributed by atoms with Crippen LogP contribution >= 0.6 is 0 Å². The van der Waals surface area contributed by atoms with Gasteiger partial charge in [-0.05, 0) is 19.9 Å². The van der Waals surface area contributed by atoms with Crippen LogP contribution in [-0.2, 0) is 0 Å². The number of aliphatic hydroxyl groups excluding tert-OH is 1. The largest absolute Gasteiger partial charge is 0.395 e. The van der Waals surface area contributed by atoms with Gasteiger partial charge in [0.15, 0.2) is 5.76 Å². The highest BCUT2D eigenvalue weighted by atomic mass is 16.5. The molecule has 2 heterocycles.